The highest BCUT2D eigenvalue weighted by atomic mass is 32.1. The van der Waals surface area contributed by atoms with Crippen molar-refractivity contribution in [2.24, 2.45) is 0 Å². The minimum absolute atomic E-state index is 0.474. The van der Waals surface area contributed by atoms with Crippen LogP contribution >= 0.6 is 11.3 Å². The SMILES string of the molecule is CC(C)c1nc2ccc(CNO)cc2s1. The van der Waals surface area contributed by atoms with E-state index in [0.29, 0.717) is 12.5 Å². The third kappa shape index (κ3) is 2.17. The quantitative estimate of drug-likeness (QED) is 0.785. The number of rotatable bonds is 3. The highest BCUT2D eigenvalue weighted by Crippen LogP contribution is 2.27. The van der Waals surface area contributed by atoms with Crippen LogP contribution in [0.3, 0.4) is 0 Å². The van der Waals surface area contributed by atoms with Gasteiger partial charge in [0.05, 0.1) is 15.2 Å². The fourth-order valence-corrected chi connectivity index (χ4v) is 2.47. The lowest BCUT2D eigenvalue weighted by Crippen LogP contribution is -2.05. The van der Waals surface area contributed by atoms with Gasteiger partial charge in [-0.2, -0.15) is 0 Å². The molecule has 0 aliphatic rings. The first-order chi connectivity index (χ1) is 7.20. The summed E-state index contributed by atoms with van der Waals surface area (Å²) in [7, 11) is 0. The van der Waals surface area contributed by atoms with Crippen molar-refractivity contribution in [2.75, 3.05) is 0 Å². The molecule has 1 aromatic heterocycles. The van der Waals surface area contributed by atoms with Gasteiger partial charge >= 0.3 is 0 Å². The number of thiazole rings is 1. The van der Waals surface area contributed by atoms with Crippen LogP contribution in [0.25, 0.3) is 10.2 Å². The molecule has 0 aliphatic heterocycles. The maximum Gasteiger partial charge on any atom is 0.0963 e. The maximum absolute atomic E-state index is 8.62. The summed E-state index contributed by atoms with van der Waals surface area (Å²) in [4.78, 5) is 4.55. The van der Waals surface area contributed by atoms with Crippen LogP contribution in [0.5, 0.6) is 0 Å². The Morgan fingerprint density at radius 1 is 1.47 bits per heavy atom. The average molecular weight is 222 g/mol. The van der Waals surface area contributed by atoms with Gasteiger partial charge in [0, 0.05) is 12.5 Å². The maximum atomic E-state index is 8.62. The summed E-state index contributed by atoms with van der Waals surface area (Å²) in [5.41, 5.74) is 4.28. The molecule has 3 nitrogen and oxygen atoms in total. The molecule has 0 amide bonds. The fourth-order valence-electron chi connectivity index (χ4n) is 1.44. The van der Waals surface area contributed by atoms with E-state index in [1.807, 2.05) is 12.1 Å². The molecule has 1 aromatic carbocycles. The zero-order valence-electron chi connectivity index (χ0n) is 8.82. The monoisotopic (exact) mass is 222 g/mol. The molecule has 0 saturated heterocycles. The molecule has 2 N–H and O–H groups in total. The van der Waals surface area contributed by atoms with E-state index in [2.05, 4.69) is 30.4 Å². The lowest BCUT2D eigenvalue weighted by molar-refractivity contribution is 0.161. The lowest BCUT2D eigenvalue weighted by atomic mass is 10.2. The Balaban J connectivity index is 2.43. The second-order valence-corrected chi connectivity index (χ2v) is 4.91. The van der Waals surface area contributed by atoms with Gasteiger partial charge < -0.3 is 5.21 Å². The van der Waals surface area contributed by atoms with Gasteiger partial charge in [-0.3, -0.25) is 0 Å². The van der Waals surface area contributed by atoms with Crippen molar-refractivity contribution in [1.29, 1.82) is 0 Å². The zero-order valence-corrected chi connectivity index (χ0v) is 9.64. The first-order valence-corrected chi connectivity index (χ1v) is 5.78. The van der Waals surface area contributed by atoms with E-state index in [9.17, 15) is 0 Å². The summed E-state index contributed by atoms with van der Waals surface area (Å²) in [6.45, 7) is 4.77. The van der Waals surface area contributed by atoms with Crippen LogP contribution < -0.4 is 5.48 Å². The molecule has 2 rings (SSSR count). The minimum atomic E-state index is 0.474. The first kappa shape index (κ1) is 10.5. The van der Waals surface area contributed by atoms with Crippen LogP contribution in [0.1, 0.15) is 30.3 Å². The van der Waals surface area contributed by atoms with Crippen molar-refractivity contribution in [2.45, 2.75) is 26.3 Å². The van der Waals surface area contributed by atoms with Crippen LogP contribution in [0.15, 0.2) is 18.2 Å². The van der Waals surface area contributed by atoms with E-state index >= 15 is 0 Å². The Morgan fingerprint density at radius 3 is 2.93 bits per heavy atom. The van der Waals surface area contributed by atoms with E-state index in [1.165, 1.54) is 9.71 Å². The minimum Gasteiger partial charge on any atom is -0.316 e. The number of hydrogen-bond donors (Lipinski definition) is 2. The lowest BCUT2D eigenvalue weighted by Gasteiger charge is -1.97. The number of hydrogen-bond acceptors (Lipinski definition) is 4. The molecular formula is C11H14N2OS. The number of fused-ring (bicyclic) bond motifs is 1. The topological polar surface area (TPSA) is 45.2 Å². The zero-order chi connectivity index (χ0) is 10.8. The second-order valence-electron chi connectivity index (χ2n) is 3.84. The third-order valence-electron chi connectivity index (χ3n) is 2.25. The molecule has 0 unspecified atom stereocenters. The Labute approximate surface area is 92.7 Å². The van der Waals surface area contributed by atoms with Crippen molar-refractivity contribution < 1.29 is 5.21 Å². The number of hydroxylamine groups is 1. The van der Waals surface area contributed by atoms with Gasteiger partial charge in [-0.1, -0.05) is 19.9 Å². The Morgan fingerprint density at radius 2 is 2.27 bits per heavy atom. The molecule has 0 fully saturated rings. The van der Waals surface area contributed by atoms with E-state index < -0.39 is 0 Å². The standard InChI is InChI=1S/C11H14N2OS/c1-7(2)11-13-9-4-3-8(6-12-14)5-10(9)15-11/h3-5,7,12,14H,6H2,1-2H3. The van der Waals surface area contributed by atoms with Crippen molar-refractivity contribution in [3.8, 4) is 0 Å². The van der Waals surface area contributed by atoms with Crippen molar-refractivity contribution in [3.63, 3.8) is 0 Å². The van der Waals surface area contributed by atoms with Gasteiger partial charge in [0.1, 0.15) is 0 Å². The predicted molar refractivity (Wildman–Crippen MR) is 62.3 cm³/mol. The molecule has 0 radical (unpaired) electrons. The number of nitrogens with zero attached hydrogens (tertiary/aromatic N) is 1. The summed E-state index contributed by atoms with van der Waals surface area (Å²) in [6.07, 6.45) is 0. The highest BCUT2D eigenvalue weighted by molar-refractivity contribution is 7.18. The number of nitrogens with one attached hydrogen (secondary N) is 1. The van der Waals surface area contributed by atoms with E-state index in [4.69, 9.17) is 5.21 Å². The van der Waals surface area contributed by atoms with Gasteiger partial charge in [0.25, 0.3) is 0 Å². The van der Waals surface area contributed by atoms with Gasteiger partial charge in [-0.05, 0) is 17.7 Å². The summed E-state index contributed by atoms with van der Waals surface area (Å²) in [6, 6.07) is 6.06. The highest BCUT2D eigenvalue weighted by Gasteiger charge is 2.07. The van der Waals surface area contributed by atoms with Crippen LogP contribution in [-0.4, -0.2) is 10.2 Å². The first-order valence-electron chi connectivity index (χ1n) is 4.97. The molecule has 0 atom stereocenters. The number of benzene rings is 1. The predicted octanol–water partition coefficient (Wildman–Crippen LogP) is 2.90. The fraction of sp³-hybridized carbons (Fsp3) is 0.364. The normalized spacial score (nSPS) is 11.5. The summed E-state index contributed by atoms with van der Waals surface area (Å²) < 4.78 is 1.19. The molecule has 15 heavy (non-hydrogen) atoms. The molecular weight excluding hydrogens is 208 g/mol. The van der Waals surface area contributed by atoms with Crippen LogP contribution in [0.2, 0.25) is 0 Å². The summed E-state index contributed by atoms with van der Waals surface area (Å²) >= 11 is 1.72. The van der Waals surface area contributed by atoms with Crippen LogP contribution in [-0.2, 0) is 6.54 Å². The van der Waals surface area contributed by atoms with E-state index in [1.54, 1.807) is 11.3 Å². The van der Waals surface area contributed by atoms with E-state index in [0.717, 1.165) is 11.1 Å². The van der Waals surface area contributed by atoms with Crippen molar-refractivity contribution in [3.05, 3.63) is 28.8 Å². The van der Waals surface area contributed by atoms with Crippen LogP contribution in [0, 0.1) is 0 Å². The van der Waals surface area contributed by atoms with Crippen molar-refractivity contribution >= 4 is 21.6 Å². The van der Waals surface area contributed by atoms with Crippen molar-refractivity contribution in [1.82, 2.24) is 10.5 Å². The van der Waals surface area contributed by atoms with Gasteiger partial charge in [0.2, 0.25) is 0 Å². The molecule has 2 aromatic rings. The summed E-state index contributed by atoms with van der Waals surface area (Å²) in [5.74, 6) is 0.474. The Bertz CT molecular complexity index is 465. The number of aromatic nitrogens is 1. The van der Waals surface area contributed by atoms with Gasteiger partial charge in [0.15, 0.2) is 0 Å². The molecule has 1 heterocycles. The van der Waals surface area contributed by atoms with E-state index in [-0.39, 0.29) is 0 Å². The summed E-state index contributed by atoms with van der Waals surface area (Å²) in [5, 5.41) is 9.79. The molecule has 0 aliphatic carbocycles. The van der Waals surface area contributed by atoms with Gasteiger partial charge in [-0.15, -0.1) is 11.3 Å². The largest absolute Gasteiger partial charge is 0.316 e. The molecule has 0 spiro atoms. The molecule has 0 bridgehead atoms. The Hall–Kier alpha value is -0.970. The van der Waals surface area contributed by atoms with Crippen LogP contribution in [0.4, 0.5) is 0 Å². The molecule has 0 saturated carbocycles. The third-order valence-corrected chi connectivity index (χ3v) is 3.57. The van der Waals surface area contributed by atoms with Gasteiger partial charge in [-0.25, -0.2) is 10.5 Å². The Kier molecular flexibility index (Phi) is 3.00. The average Bonchev–Trinajstić information content (AvgIpc) is 2.61. The smallest absolute Gasteiger partial charge is 0.0963 e. The second kappa shape index (κ2) is 4.26. The molecule has 80 valence electrons. The molecule has 4 heteroatoms.